The second-order valence-corrected chi connectivity index (χ2v) is 5.94. The predicted octanol–water partition coefficient (Wildman–Crippen LogP) is 2.06. The zero-order valence-electron chi connectivity index (χ0n) is 13.0. The van der Waals surface area contributed by atoms with Crippen LogP contribution in [0.4, 0.5) is 0 Å². The maximum absolute atomic E-state index is 11.7. The largest absolute Gasteiger partial charge is 0.461 e. The molecule has 0 aromatic rings. The smallest absolute Gasteiger partial charge is 0.334 e. The third kappa shape index (κ3) is 4.07. The molecular formula is C17H22O5. The Morgan fingerprint density at radius 3 is 2.91 bits per heavy atom. The second-order valence-electron chi connectivity index (χ2n) is 5.94. The van der Waals surface area contributed by atoms with Gasteiger partial charge in [-0.25, -0.2) is 4.79 Å². The van der Waals surface area contributed by atoms with Gasteiger partial charge in [-0.05, 0) is 18.9 Å². The first kappa shape index (κ1) is 16.5. The quantitative estimate of drug-likeness (QED) is 0.480. The number of aliphatic hydroxyl groups excluding tert-OH is 1. The van der Waals surface area contributed by atoms with Crippen molar-refractivity contribution in [1.29, 1.82) is 0 Å². The standard InChI is InChI=1S/C17H22O5/c1-10-6-14(19)8-13(9-21-12(3)18)4-5-15-11(2)17(20)22-16(15)7-10/h4,6,14-16,19H,2,5,7-9H2,1,3H3. The fourth-order valence-corrected chi connectivity index (χ4v) is 2.88. The van der Waals surface area contributed by atoms with E-state index in [1.165, 1.54) is 6.92 Å². The van der Waals surface area contributed by atoms with Gasteiger partial charge in [0, 0.05) is 31.3 Å². The van der Waals surface area contributed by atoms with Crippen molar-refractivity contribution in [3.05, 3.63) is 35.5 Å². The molecule has 2 rings (SSSR count). The van der Waals surface area contributed by atoms with Crippen LogP contribution in [-0.2, 0) is 19.1 Å². The number of carbonyl (C=O) groups is 2. The minimum absolute atomic E-state index is 0.0709. The van der Waals surface area contributed by atoms with Crippen molar-refractivity contribution >= 4 is 11.9 Å². The molecule has 22 heavy (non-hydrogen) atoms. The van der Waals surface area contributed by atoms with Crippen molar-refractivity contribution in [3.63, 3.8) is 0 Å². The number of aliphatic hydroxyl groups is 1. The third-order valence-corrected chi connectivity index (χ3v) is 4.01. The van der Waals surface area contributed by atoms with Gasteiger partial charge in [-0.2, -0.15) is 0 Å². The summed E-state index contributed by atoms with van der Waals surface area (Å²) in [5, 5.41) is 10.1. The minimum Gasteiger partial charge on any atom is -0.461 e. The van der Waals surface area contributed by atoms with E-state index < -0.39 is 6.10 Å². The number of carbonyl (C=O) groups excluding carboxylic acids is 2. The van der Waals surface area contributed by atoms with Crippen LogP contribution in [-0.4, -0.2) is 35.9 Å². The number of hydrogen-bond acceptors (Lipinski definition) is 5. The van der Waals surface area contributed by atoms with E-state index in [0.717, 1.165) is 11.1 Å². The molecule has 0 radical (unpaired) electrons. The van der Waals surface area contributed by atoms with Crippen molar-refractivity contribution in [3.8, 4) is 0 Å². The summed E-state index contributed by atoms with van der Waals surface area (Å²) < 4.78 is 10.4. The Morgan fingerprint density at radius 2 is 2.23 bits per heavy atom. The molecule has 1 saturated heterocycles. The molecule has 1 aliphatic heterocycles. The Labute approximate surface area is 130 Å². The summed E-state index contributed by atoms with van der Waals surface area (Å²) in [7, 11) is 0. The molecule has 3 unspecified atom stereocenters. The van der Waals surface area contributed by atoms with Crippen LogP contribution in [0.2, 0.25) is 0 Å². The molecule has 0 bridgehead atoms. The van der Waals surface area contributed by atoms with Crippen LogP contribution >= 0.6 is 0 Å². The lowest BCUT2D eigenvalue weighted by molar-refractivity contribution is -0.140. The van der Waals surface area contributed by atoms with Gasteiger partial charge in [0.25, 0.3) is 0 Å². The van der Waals surface area contributed by atoms with E-state index in [4.69, 9.17) is 9.47 Å². The highest BCUT2D eigenvalue weighted by molar-refractivity contribution is 5.90. The molecule has 5 nitrogen and oxygen atoms in total. The van der Waals surface area contributed by atoms with E-state index in [2.05, 4.69) is 6.58 Å². The van der Waals surface area contributed by atoms with Gasteiger partial charge in [-0.3, -0.25) is 4.79 Å². The van der Waals surface area contributed by atoms with E-state index in [-0.39, 0.29) is 30.6 Å². The average molecular weight is 306 g/mol. The molecule has 0 aromatic heterocycles. The highest BCUT2D eigenvalue weighted by atomic mass is 16.6. The van der Waals surface area contributed by atoms with Gasteiger partial charge in [0.1, 0.15) is 12.7 Å². The first-order chi connectivity index (χ1) is 10.4. The monoisotopic (exact) mass is 306 g/mol. The summed E-state index contributed by atoms with van der Waals surface area (Å²) in [6.45, 7) is 7.24. The van der Waals surface area contributed by atoms with Crippen molar-refractivity contribution < 1.29 is 24.2 Å². The van der Waals surface area contributed by atoms with Gasteiger partial charge in [0.2, 0.25) is 0 Å². The molecular weight excluding hydrogens is 284 g/mol. The zero-order valence-corrected chi connectivity index (χ0v) is 13.0. The Balaban J connectivity index is 2.22. The van der Waals surface area contributed by atoms with Gasteiger partial charge in [0.05, 0.1) is 6.10 Å². The average Bonchev–Trinajstić information content (AvgIpc) is 2.67. The number of allylic oxidation sites excluding steroid dienone is 1. The lowest BCUT2D eigenvalue weighted by Crippen LogP contribution is -2.19. The molecule has 0 saturated carbocycles. The lowest BCUT2D eigenvalue weighted by Gasteiger charge is -2.20. The molecule has 3 atom stereocenters. The molecule has 1 aliphatic carbocycles. The molecule has 0 aromatic carbocycles. The predicted molar refractivity (Wildman–Crippen MR) is 80.8 cm³/mol. The third-order valence-electron chi connectivity index (χ3n) is 4.01. The maximum Gasteiger partial charge on any atom is 0.334 e. The molecule has 1 N–H and O–H groups in total. The summed E-state index contributed by atoms with van der Waals surface area (Å²) >= 11 is 0. The summed E-state index contributed by atoms with van der Waals surface area (Å²) in [5.41, 5.74) is 2.29. The van der Waals surface area contributed by atoms with Crippen LogP contribution < -0.4 is 0 Å². The van der Waals surface area contributed by atoms with Gasteiger partial charge < -0.3 is 14.6 Å². The van der Waals surface area contributed by atoms with Gasteiger partial charge in [0.15, 0.2) is 0 Å². The Bertz CT molecular complexity index is 543. The first-order valence-electron chi connectivity index (χ1n) is 7.43. The SMILES string of the molecule is C=C1C(=O)OC2CC(C)=CC(O)CC(COC(C)=O)=CCC12. The van der Waals surface area contributed by atoms with Crippen LogP contribution in [0.3, 0.4) is 0 Å². The normalized spacial score (nSPS) is 29.1. The number of hydrogen-bond donors (Lipinski definition) is 1. The first-order valence-corrected chi connectivity index (χ1v) is 7.43. The van der Waals surface area contributed by atoms with E-state index in [9.17, 15) is 14.7 Å². The topological polar surface area (TPSA) is 72.8 Å². The van der Waals surface area contributed by atoms with E-state index >= 15 is 0 Å². The molecule has 2 aliphatic rings. The van der Waals surface area contributed by atoms with Crippen molar-refractivity contribution in [1.82, 2.24) is 0 Å². The second kappa shape index (κ2) is 6.92. The fourth-order valence-electron chi connectivity index (χ4n) is 2.88. The number of ether oxygens (including phenoxy) is 2. The molecule has 1 fully saturated rings. The Hall–Kier alpha value is -1.88. The van der Waals surface area contributed by atoms with Crippen LogP contribution in [0.5, 0.6) is 0 Å². The van der Waals surface area contributed by atoms with Crippen molar-refractivity contribution in [2.45, 2.75) is 45.3 Å². The minimum atomic E-state index is -0.640. The number of fused-ring (bicyclic) bond motifs is 1. The van der Waals surface area contributed by atoms with Gasteiger partial charge in [-0.1, -0.05) is 24.3 Å². The molecule has 0 spiro atoms. The van der Waals surface area contributed by atoms with E-state index in [1.807, 2.05) is 13.0 Å². The summed E-state index contributed by atoms with van der Waals surface area (Å²) in [5.74, 6) is -0.781. The van der Waals surface area contributed by atoms with Crippen LogP contribution in [0.15, 0.2) is 35.5 Å². The summed E-state index contributed by atoms with van der Waals surface area (Å²) in [6.07, 6.45) is 4.39. The van der Waals surface area contributed by atoms with E-state index in [0.29, 0.717) is 24.8 Å². The van der Waals surface area contributed by atoms with Crippen LogP contribution in [0.25, 0.3) is 0 Å². The highest BCUT2D eigenvalue weighted by Gasteiger charge is 2.38. The number of esters is 2. The van der Waals surface area contributed by atoms with Gasteiger partial charge >= 0.3 is 11.9 Å². The number of rotatable bonds is 2. The highest BCUT2D eigenvalue weighted by Crippen LogP contribution is 2.34. The van der Waals surface area contributed by atoms with Crippen LogP contribution in [0, 0.1) is 5.92 Å². The molecule has 0 amide bonds. The lowest BCUT2D eigenvalue weighted by atomic mass is 9.87. The summed E-state index contributed by atoms with van der Waals surface area (Å²) in [6, 6.07) is 0. The van der Waals surface area contributed by atoms with Gasteiger partial charge in [-0.15, -0.1) is 0 Å². The molecule has 5 heteroatoms. The Kier molecular flexibility index (Phi) is 5.19. The molecule has 1 heterocycles. The van der Waals surface area contributed by atoms with Crippen molar-refractivity contribution in [2.24, 2.45) is 5.92 Å². The molecule has 120 valence electrons. The van der Waals surface area contributed by atoms with Crippen molar-refractivity contribution in [2.75, 3.05) is 6.61 Å². The summed E-state index contributed by atoms with van der Waals surface area (Å²) in [4.78, 5) is 22.7. The zero-order chi connectivity index (χ0) is 16.3. The fraction of sp³-hybridized carbons (Fsp3) is 0.529. The van der Waals surface area contributed by atoms with E-state index in [1.54, 1.807) is 6.08 Å². The Morgan fingerprint density at radius 1 is 1.50 bits per heavy atom. The maximum atomic E-state index is 11.7. The van der Waals surface area contributed by atoms with Crippen LogP contribution in [0.1, 0.15) is 33.1 Å².